The first-order valence-corrected chi connectivity index (χ1v) is 10.5. The van der Waals surface area contributed by atoms with Gasteiger partial charge in [-0.05, 0) is 53.1 Å². The molecule has 0 heterocycles. The molecule has 0 N–H and O–H groups in total. The fourth-order valence-corrected chi connectivity index (χ4v) is 3.17. The van der Waals surface area contributed by atoms with Gasteiger partial charge in [-0.25, -0.2) is 4.39 Å². The van der Waals surface area contributed by atoms with E-state index in [9.17, 15) is 4.39 Å². The summed E-state index contributed by atoms with van der Waals surface area (Å²) in [5.41, 5.74) is 4.76. The van der Waals surface area contributed by atoms with Gasteiger partial charge in [0.2, 0.25) is 0 Å². The molecule has 4 aromatic rings. The molecule has 0 radical (unpaired) electrons. The van der Waals surface area contributed by atoms with E-state index in [2.05, 4.69) is 4.99 Å². The summed E-state index contributed by atoms with van der Waals surface area (Å²) in [5.74, 6) is 0.441. The first-order chi connectivity index (χ1) is 15.8. The number of halogens is 1. The minimum Gasteiger partial charge on any atom is -0.488 e. The molecule has 4 aromatic carbocycles. The van der Waals surface area contributed by atoms with Crippen LogP contribution in [-0.2, 0) is 24.6 Å². The highest BCUT2D eigenvalue weighted by Crippen LogP contribution is 2.23. The fourth-order valence-electron chi connectivity index (χ4n) is 3.17. The van der Waals surface area contributed by atoms with Crippen LogP contribution in [0, 0.1) is 5.82 Å². The van der Waals surface area contributed by atoms with Crippen molar-refractivity contribution in [1.29, 1.82) is 0 Å². The van der Waals surface area contributed by atoms with Gasteiger partial charge in [0.25, 0.3) is 0 Å². The molecule has 0 amide bonds. The van der Waals surface area contributed by atoms with E-state index in [0.29, 0.717) is 25.5 Å². The molecule has 0 aliphatic rings. The van der Waals surface area contributed by atoms with E-state index in [1.807, 2.05) is 78.9 Å². The first-order valence-electron chi connectivity index (χ1n) is 10.5. The van der Waals surface area contributed by atoms with Crippen LogP contribution in [0.3, 0.4) is 0 Å². The Labute approximate surface area is 187 Å². The third-order valence-corrected chi connectivity index (χ3v) is 4.87. The van der Waals surface area contributed by atoms with Gasteiger partial charge in [0.05, 0.1) is 18.9 Å². The Morgan fingerprint density at radius 2 is 1.28 bits per heavy atom. The van der Waals surface area contributed by atoms with Gasteiger partial charge in [-0.15, -0.1) is 0 Å². The van der Waals surface area contributed by atoms with Crippen molar-refractivity contribution >= 4 is 11.9 Å². The number of aliphatic imine (C=N–C) groups is 1. The van der Waals surface area contributed by atoms with Crippen LogP contribution < -0.4 is 4.74 Å². The van der Waals surface area contributed by atoms with Gasteiger partial charge in [0.1, 0.15) is 18.2 Å². The van der Waals surface area contributed by atoms with Crippen LogP contribution in [0.4, 0.5) is 10.1 Å². The van der Waals surface area contributed by atoms with Crippen molar-refractivity contribution in [3.05, 3.63) is 131 Å². The van der Waals surface area contributed by atoms with Gasteiger partial charge in [0.15, 0.2) is 0 Å². The van der Waals surface area contributed by atoms with Crippen molar-refractivity contribution in [3.8, 4) is 5.75 Å². The van der Waals surface area contributed by atoms with Gasteiger partial charge >= 0.3 is 0 Å². The monoisotopic (exact) mass is 425 g/mol. The van der Waals surface area contributed by atoms with Gasteiger partial charge in [-0.3, -0.25) is 4.99 Å². The van der Waals surface area contributed by atoms with Gasteiger partial charge in [-0.2, -0.15) is 0 Å². The van der Waals surface area contributed by atoms with Crippen molar-refractivity contribution in [2.24, 2.45) is 4.99 Å². The maximum Gasteiger partial charge on any atom is 0.128 e. The number of hydrogen-bond acceptors (Lipinski definition) is 3. The molecule has 0 fully saturated rings. The lowest BCUT2D eigenvalue weighted by Gasteiger charge is -2.12. The second-order valence-corrected chi connectivity index (χ2v) is 7.36. The maximum absolute atomic E-state index is 13.1. The van der Waals surface area contributed by atoms with Crippen molar-refractivity contribution in [1.82, 2.24) is 0 Å². The molecule has 0 aliphatic carbocycles. The Morgan fingerprint density at radius 3 is 1.97 bits per heavy atom. The Kier molecular flexibility index (Phi) is 7.40. The lowest BCUT2D eigenvalue weighted by atomic mass is 10.1. The van der Waals surface area contributed by atoms with Crippen molar-refractivity contribution in [2.75, 3.05) is 0 Å². The Morgan fingerprint density at radius 1 is 0.656 bits per heavy atom. The molecule has 0 bridgehead atoms. The topological polar surface area (TPSA) is 30.8 Å². The Hall–Kier alpha value is -3.76. The van der Waals surface area contributed by atoms with Crippen LogP contribution in [0.25, 0.3) is 0 Å². The molecule has 0 atom stereocenters. The highest BCUT2D eigenvalue weighted by Gasteiger charge is 2.06. The minimum absolute atomic E-state index is 0.282. The highest BCUT2D eigenvalue weighted by molar-refractivity contribution is 5.85. The zero-order valence-electron chi connectivity index (χ0n) is 17.7. The summed E-state index contributed by atoms with van der Waals surface area (Å²) in [6.07, 6.45) is 1.74. The van der Waals surface area contributed by atoms with E-state index in [-0.39, 0.29) is 5.82 Å². The molecule has 4 rings (SSSR count). The standard InChI is InChI=1S/C28H24FNO2/c29-26-13-15-27(16-14-26)30-18-25-12-11-24(20-31-19-22-7-3-1-4-8-22)17-28(25)32-21-23-9-5-2-6-10-23/h1-18H,19-21H2. The van der Waals surface area contributed by atoms with Crippen LogP contribution in [0.2, 0.25) is 0 Å². The number of rotatable bonds is 9. The zero-order chi connectivity index (χ0) is 22.0. The summed E-state index contributed by atoms with van der Waals surface area (Å²) in [5, 5.41) is 0. The van der Waals surface area contributed by atoms with E-state index in [1.165, 1.54) is 12.1 Å². The molecular formula is C28H24FNO2. The SMILES string of the molecule is Fc1ccc(N=Cc2ccc(COCc3ccccc3)cc2OCc2ccccc2)cc1. The summed E-state index contributed by atoms with van der Waals surface area (Å²) in [7, 11) is 0. The largest absolute Gasteiger partial charge is 0.488 e. The normalized spacial score (nSPS) is 11.0. The maximum atomic E-state index is 13.1. The van der Waals surface area contributed by atoms with E-state index in [0.717, 1.165) is 28.0 Å². The fraction of sp³-hybridized carbons (Fsp3) is 0.107. The van der Waals surface area contributed by atoms with Crippen molar-refractivity contribution in [2.45, 2.75) is 19.8 Å². The van der Waals surface area contributed by atoms with Crippen LogP contribution in [0.5, 0.6) is 5.75 Å². The van der Waals surface area contributed by atoms with Crippen molar-refractivity contribution < 1.29 is 13.9 Å². The number of benzene rings is 4. The van der Waals surface area contributed by atoms with Crippen molar-refractivity contribution in [3.63, 3.8) is 0 Å². The molecule has 0 saturated heterocycles. The van der Waals surface area contributed by atoms with Crippen LogP contribution in [0.15, 0.2) is 108 Å². The van der Waals surface area contributed by atoms with Gasteiger partial charge in [0, 0.05) is 11.8 Å². The lowest BCUT2D eigenvalue weighted by molar-refractivity contribution is 0.107. The molecule has 32 heavy (non-hydrogen) atoms. The summed E-state index contributed by atoms with van der Waals surface area (Å²) in [4.78, 5) is 4.46. The molecule has 0 aliphatic heterocycles. The second-order valence-electron chi connectivity index (χ2n) is 7.36. The summed E-state index contributed by atoms with van der Waals surface area (Å²) < 4.78 is 25.2. The predicted molar refractivity (Wildman–Crippen MR) is 126 cm³/mol. The number of ether oxygens (including phenoxy) is 2. The number of nitrogens with zero attached hydrogens (tertiary/aromatic N) is 1. The van der Waals surface area contributed by atoms with Crippen LogP contribution in [-0.4, -0.2) is 6.21 Å². The predicted octanol–water partition coefficient (Wildman–Crippen LogP) is 6.87. The second kappa shape index (κ2) is 11.0. The highest BCUT2D eigenvalue weighted by atomic mass is 19.1. The molecule has 0 saturated carbocycles. The Balaban J connectivity index is 1.49. The summed E-state index contributed by atoms with van der Waals surface area (Å²) in [6, 6.07) is 32.1. The molecular weight excluding hydrogens is 401 g/mol. The average Bonchev–Trinajstić information content (AvgIpc) is 2.84. The third kappa shape index (κ3) is 6.37. The summed E-state index contributed by atoms with van der Waals surface area (Å²) in [6.45, 7) is 1.48. The molecule has 0 unspecified atom stereocenters. The molecule has 4 heteroatoms. The van der Waals surface area contributed by atoms with E-state index >= 15 is 0 Å². The van der Waals surface area contributed by atoms with Gasteiger partial charge in [-0.1, -0.05) is 66.7 Å². The molecule has 0 aromatic heterocycles. The van der Waals surface area contributed by atoms with Crippen LogP contribution >= 0.6 is 0 Å². The van der Waals surface area contributed by atoms with Crippen LogP contribution in [0.1, 0.15) is 22.3 Å². The minimum atomic E-state index is -0.282. The molecule has 0 spiro atoms. The number of hydrogen-bond donors (Lipinski definition) is 0. The summed E-state index contributed by atoms with van der Waals surface area (Å²) >= 11 is 0. The lowest BCUT2D eigenvalue weighted by Crippen LogP contribution is -2.01. The molecule has 3 nitrogen and oxygen atoms in total. The third-order valence-electron chi connectivity index (χ3n) is 4.87. The Bertz CT molecular complexity index is 1140. The van der Waals surface area contributed by atoms with E-state index < -0.39 is 0 Å². The average molecular weight is 426 g/mol. The molecule has 160 valence electrons. The van der Waals surface area contributed by atoms with E-state index in [4.69, 9.17) is 9.47 Å². The first kappa shape index (κ1) is 21.5. The smallest absolute Gasteiger partial charge is 0.128 e. The quantitative estimate of drug-likeness (QED) is 0.274. The van der Waals surface area contributed by atoms with Gasteiger partial charge < -0.3 is 9.47 Å². The zero-order valence-corrected chi connectivity index (χ0v) is 17.7. The van der Waals surface area contributed by atoms with E-state index in [1.54, 1.807) is 18.3 Å².